The molecule has 2 aromatic carbocycles. The molecule has 0 radical (unpaired) electrons. The Balaban J connectivity index is 1.27. The minimum atomic E-state index is -3.66. The molecule has 0 amide bonds. The van der Waals surface area contributed by atoms with Crippen molar-refractivity contribution in [3.8, 4) is 5.75 Å². The van der Waals surface area contributed by atoms with E-state index in [9.17, 15) is 12.8 Å². The molecule has 5 rings (SSSR count). The summed E-state index contributed by atoms with van der Waals surface area (Å²) in [5, 5.41) is 9.57. The lowest BCUT2D eigenvalue weighted by Crippen LogP contribution is -2.48. The van der Waals surface area contributed by atoms with Crippen molar-refractivity contribution in [1.82, 2.24) is 24.5 Å². The molecule has 2 aliphatic heterocycles. The largest absolute Gasteiger partial charge is 0.494 e. The monoisotopic (exact) mass is 569 g/mol. The Bertz CT molecular complexity index is 1380. The third-order valence-corrected chi connectivity index (χ3v) is 9.31. The lowest BCUT2D eigenvalue weighted by molar-refractivity contribution is 0.228. The molecule has 3 heterocycles. The fourth-order valence-corrected chi connectivity index (χ4v) is 6.86. The standard InChI is InChI=1S/C28H36FN7O3S/c1-39-26-20-22(6-9-25(26)29)32-27-12-15-31-28(34-27)33-21-4-7-24(8-5-21)40(37,38)36(23-10-13-30-14-11-23)19-18-35-16-2-3-17-35/h4-9,12,15,20,23,30H,2-3,10-11,13-14,16-19H2,1H3,(H2,31,32,33,34). The van der Waals surface area contributed by atoms with E-state index in [0.717, 1.165) is 45.6 Å². The van der Waals surface area contributed by atoms with Gasteiger partial charge in [-0.15, -0.1) is 0 Å². The van der Waals surface area contributed by atoms with E-state index in [1.165, 1.54) is 26.0 Å². The number of methoxy groups -OCH3 is 1. The van der Waals surface area contributed by atoms with Crippen LogP contribution in [0.3, 0.4) is 0 Å². The highest BCUT2D eigenvalue weighted by Gasteiger charge is 2.32. The molecular weight excluding hydrogens is 533 g/mol. The number of benzene rings is 2. The Labute approximate surface area is 235 Å². The van der Waals surface area contributed by atoms with E-state index in [2.05, 4.69) is 30.8 Å². The molecule has 2 aliphatic rings. The van der Waals surface area contributed by atoms with Gasteiger partial charge >= 0.3 is 0 Å². The van der Waals surface area contributed by atoms with Gasteiger partial charge in [0, 0.05) is 42.8 Å². The van der Waals surface area contributed by atoms with Gasteiger partial charge < -0.3 is 25.6 Å². The van der Waals surface area contributed by atoms with Crippen molar-refractivity contribution in [1.29, 1.82) is 0 Å². The van der Waals surface area contributed by atoms with Crippen molar-refractivity contribution in [2.24, 2.45) is 0 Å². The van der Waals surface area contributed by atoms with E-state index >= 15 is 0 Å². The third-order valence-electron chi connectivity index (χ3n) is 7.35. The first kappa shape index (κ1) is 28.2. The summed E-state index contributed by atoms with van der Waals surface area (Å²) >= 11 is 0. The quantitative estimate of drug-likeness (QED) is 0.316. The van der Waals surface area contributed by atoms with Crippen LogP contribution in [0.4, 0.5) is 27.5 Å². The second-order valence-corrected chi connectivity index (χ2v) is 11.9. The third kappa shape index (κ3) is 6.87. The Kier molecular flexibility index (Phi) is 9.10. The van der Waals surface area contributed by atoms with Crippen LogP contribution in [0.15, 0.2) is 59.6 Å². The second kappa shape index (κ2) is 12.9. The smallest absolute Gasteiger partial charge is 0.243 e. The average molecular weight is 570 g/mol. The van der Waals surface area contributed by atoms with Crippen LogP contribution < -0.4 is 20.7 Å². The first-order valence-electron chi connectivity index (χ1n) is 13.7. The van der Waals surface area contributed by atoms with Gasteiger partial charge in [0.25, 0.3) is 0 Å². The Hall–Kier alpha value is -3.32. The number of likely N-dealkylation sites (tertiary alicyclic amines) is 1. The van der Waals surface area contributed by atoms with Gasteiger partial charge in [-0.3, -0.25) is 0 Å². The zero-order chi connectivity index (χ0) is 28.0. The molecule has 214 valence electrons. The Morgan fingerprint density at radius 1 is 1.05 bits per heavy atom. The number of nitrogens with zero attached hydrogens (tertiary/aromatic N) is 4. The van der Waals surface area contributed by atoms with Crippen molar-refractivity contribution in [2.45, 2.75) is 36.6 Å². The maximum Gasteiger partial charge on any atom is 0.243 e. The van der Waals surface area contributed by atoms with Gasteiger partial charge in [0.1, 0.15) is 5.82 Å². The second-order valence-electron chi connectivity index (χ2n) is 10.0. The first-order valence-corrected chi connectivity index (χ1v) is 15.1. The lowest BCUT2D eigenvalue weighted by atomic mass is 10.1. The molecule has 10 nitrogen and oxygen atoms in total. The van der Waals surface area contributed by atoms with Crippen LogP contribution in [0.2, 0.25) is 0 Å². The lowest BCUT2D eigenvalue weighted by Gasteiger charge is -2.34. The van der Waals surface area contributed by atoms with Crippen molar-refractivity contribution in [2.75, 3.05) is 57.0 Å². The molecule has 3 aromatic rings. The van der Waals surface area contributed by atoms with E-state index in [-0.39, 0.29) is 16.7 Å². The van der Waals surface area contributed by atoms with Gasteiger partial charge in [-0.2, -0.15) is 9.29 Å². The Morgan fingerprint density at radius 2 is 1.77 bits per heavy atom. The Morgan fingerprint density at radius 3 is 2.50 bits per heavy atom. The molecule has 0 spiro atoms. The van der Waals surface area contributed by atoms with Crippen LogP contribution in [0.25, 0.3) is 0 Å². The number of nitrogens with one attached hydrogen (secondary N) is 3. The van der Waals surface area contributed by atoms with Gasteiger partial charge in [0.15, 0.2) is 11.6 Å². The van der Waals surface area contributed by atoms with E-state index in [1.54, 1.807) is 53.0 Å². The number of hydrogen-bond donors (Lipinski definition) is 3. The number of sulfonamides is 1. The molecule has 0 aliphatic carbocycles. The summed E-state index contributed by atoms with van der Waals surface area (Å²) in [5.41, 5.74) is 1.27. The van der Waals surface area contributed by atoms with Crippen LogP contribution in [-0.2, 0) is 10.0 Å². The summed E-state index contributed by atoms with van der Waals surface area (Å²) in [5.74, 6) is 0.508. The van der Waals surface area contributed by atoms with Gasteiger partial charge in [-0.05, 0) is 94.3 Å². The van der Waals surface area contributed by atoms with E-state index in [4.69, 9.17) is 4.74 Å². The van der Waals surface area contributed by atoms with Crippen molar-refractivity contribution >= 4 is 33.2 Å². The molecule has 12 heteroatoms. The zero-order valence-electron chi connectivity index (χ0n) is 22.6. The zero-order valence-corrected chi connectivity index (χ0v) is 23.5. The number of aromatic nitrogens is 2. The molecule has 0 saturated carbocycles. The summed E-state index contributed by atoms with van der Waals surface area (Å²) in [4.78, 5) is 11.4. The van der Waals surface area contributed by atoms with Crippen molar-refractivity contribution in [3.05, 3.63) is 60.5 Å². The van der Waals surface area contributed by atoms with Gasteiger partial charge in [-0.25, -0.2) is 17.8 Å². The van der Waals surface area contributed by atoms with Crippen LogP contribution in [-0.4, -0.2) is 80.0 Å². The highest BCUT2D eigenvalue weighted by Crippen LogP contribution is 2.26. The van der Waals surface area contributed by atoms with Crippen LogP contribution in [0.1, 0.15) is 25.7 Å². The van der Waals surface area contributed by atoms with Crippen LogP contribution in [0, 0.1) is 5.82 Å². The molecular formula is C28H36FN7O3S. The highest BCUT2D eigenvalue weighted by molar-refractivity contribution is 7.89. The van der Waals surface area contributed by atoms with Gasteiger partial charge in [0.2, 0.25) is 16.0 Å². The first-order chi connectivity index (χ1) is 19.4. The summed E-state index contributed by atoms with van der Waals surface area (Å²) in [7, 11) is -2.25. The molecule has 0 atom stereocenters. The number of piperidine rings is 1. The molecule has 3 N–H and O–H groups in total. The number of anilines is 4. The number of rotatable bonds is 11. The summed E-state index contributed by atoms with van der Waals surface area (Å²) in [6, 6.07) is 12.8. The van der Waals surface area contributed by atoms with Crippen LogP contribution in [0.5, 0.6) is 5.75 Å². The normalized spacial score (nSPS) is 16.8. The number of ether oxygens (including phenoxy) is 1. The highest BCUT2D eigenvalue weighted by atomic mass is 32.2. The van der Waals surface area contributed by atoms with Crippen molar-refractivity contribution in [3.63, 3.8) is 0 Å². The maximum absolute atomic E-state index is 13.8. The molecule has 2 saturated heterocycles. The van der Waals surface area contributed by atoms with E-state index in [1.807, 2.05) is 0 Å². The molecule has 40 heavy (non-hydrogen) atoms. The van der Waals surface area contributed by atoms with E-state index < -0.39 is 15.8 Å². The summed E-state index contributed by atoms with van der Waals surface area (Å²) < 4.78 is 48.1. The average Bonchev–Trinajstić information content (AvgIpc) is 3.49. The molecule has 0 unspecified atom stereocenters. The molecule has 1 aromatic heterocycles. The van der Waals surface area contributed by atoms with E-state index in [0.29, 0.717) is 29.7 Å². The number of halogens is 1. The van der Waals surface area contributed by atoms with Crippen molar-refractivity contribution < 1.29 is 17.5 Å². The van der Waals surface area contributed by atoms with Gasteiger partial charge in [-0.1, -0.05) is 0 Å². The van der Waals surface area contributed by atoms with Crippen LogP contribution >= 0.6 is 0 Å². The summed E-state index contributed by atoms with van der Waals surface area (Å²) in [6.45, 7) is 4.99. The molecule has 0 bridgehead atoms. The minimum Gasteiger partial charge on any atom is -0.494 e. The maximum atomic E-state index is 13.8. The van der Waals surface area contributed by atoms with Gasteiger partial charge in [0.05, 0.1) is 12.0 Å². The minimum absolute atomic E-state index is 0.00336. The predicted molar refractivity (Wildman–Crippen MR) is 153 cm³/mol. The SMILES string of the molecule is COc1cc(Nc2ccnc(Nc3ccc(S(=O)(=O)N(CCN4CCCC4)C4CCNCC4)cc3)n2)ccc1F. The fraction of sp³-hybridized carbons (Fsp3) is 0.429. The summed E-state index contributed by atoms with van der Waals surface area (Å²) in [6.07, 6.45) is 5.57. The predicted octanol–water partition coefficient (Wildman–Crippen LogP) is 3.95. The molecule has 2 fully saturated rings. The topological polar surface area (TPSA) is 112 Å². The number of hydrogen-bond acceptors (Lipinski definition) is 9. The fourth-order valence-electron chi connectivity index (χ4n) is 5.19.